The first-order valence-electron chi connectivity index (χ1n) is 14.6. The number of methoxy groups -OCH3 is 1. The highest BCUT2D eigenvalue weighted by atomic mass is 19.4. The molecule has 1 atom stereocenters. The van der Waals surface area contributed by atoms with Crippen LogP contribution in [0.25, 0.3) is 21.8 Å². The van der Waals surface area contributed by atoms with E-state index in [0.717, 1.165) is 10.1 Å². The maximum Gasteiger partial charge on any atom is 0.413 e. The van der Waals surface area contributed by atoms with Crippen molar-refractivity contribution < 1.29 is 17.9 Å². The van der Waals surface area contributed by atoms with Crippen molar-refractivity contribution in [1.29, 1.82) is 10.5 Å². The summed E-state index contributed by atoms with van der Waals surface area (Å²) in [6.45, 7) is 6.71. The summed E-state index contributed by atoms with van der Waals surface area (Å²) in [6.07, 6.45) is -1.88. The minimum absolute atomic E-state index is 0.0792. The normalized spacial score (nSPS) is 14.8. The summed E-state index contributed by atoms with van der Waals surface area (Å²) in [5.74, 6) is 0.408. The topological polar surface area (TPSA) is 137 Å². The Hall–Kier alpha value is -5.43. The quantitative estimate of drug-likeness (QED) is 0.190. The Balaban J connectivity index is 1.52. The van der Waals surface area contributed by atoms with Gasteiger partial charge in [0, 0.05) is 35.3 Å². The third-order valence-electron chi connectivity index (χ3n) is 8.08. The van der Waals surface area contributed by atoms with E-state index in [-0.39, 0.29) is 29.5 Å². The van der Waals surface area contributed by atoms with Crippen LogP contribution in [0, 0.1) is 28.1 Å². The van der Waals surface area contributed by atoms with Gasteiger partial charge in [0.05, 0.1) is 47.2 Å². The molecule has 6 rings (SSSR count). The molecule has 2 N–H and O–H groups in total. The number of alkyl halides is 3. The second-order valence-electron chi connectivity index (χ2n) is 12.6. The number of anilines is 2. The van der Waals surface area contributed by atoms with E-state index in [4.69, 9.17) is 4.74 Å². The lowest BCUT2D eigenvalue weighted by Gasteiger charge is -2.23. The van der Waals surface area contributed by atoms with Crippen LogP contribution >= 0.6 is 0 Å². The van der Waals surface area contributed by atoms with Gasteiger partial charge in [-0.05, 0) is 48.1 Å². The van der Waals surface area contributed by atoms with Crippen LogP contribution in [-0.4, -0.2) is 44.8 Å². The number of benzene rings is 2. The van der Waals surface area contributed by atoms with Crippen molar-refractivity contribution in [2.75, 3.05) is 24.3 Å². The second kappa shape index (κ2) is 11.2. The summed E-state index contributed by atoms with van der Waals surface area (Å²) in [5, 5.41) is 36.2. The monoisotopic (exact) mass is 625 g/mol. The lowest BCUT2D eigenvalue weighted by molar-refractivity contribution is -0.182. The summed E-state index contributed by atoms with van der Waals surface area (Å²) in [6, 6.07) is 15.9. The fourth-order valence-corrected chi connectivity index (χ4v) is 5.48. The molecule has 1 aliphatic carbocycles. The zero-order valence-electron chi connectivity index (χ0n) is 25.6. The summed E-state index contributed by atoms with van der Waals surface area (Å²) < 4.78 is 48.3. The molecule has 3 heterocycles. The molecule has 1 saturated carbocycles. The molecule has 0 amide bonds. The number of aromatic nitrogens is 5. The van der Waals surface area contributed by atoms with Crippen LogP contribution in [0.15, 0.2) is 54.9 Å². The maximum absolute atomic E-state index is 14.0. The number of halogens is 3. The molecule has 234 valence electrons. The third kappa shape index (κ3) is 5.49. The van der Waals surface area contributed by atoms with Crippen LogP contribution in [0.5, 0.6) is 5.88 Å². The zero-order chi connectivity index (χ0) is 32.9. The number of hydrogen-bond acceptors (Lipinski definition) is 9. The fourth-order valence-electron chi connectivity index (χ4n) is 5.48. The predicted octanol–water partition coefficient (Wildman–Crippen LogP) is 6.84. The van der Waals surface area contributed by atoms with Gasteiger partial charge < -0.3 is 15.4 Å². The van der Waals surface area contributed by atoms with Crippen molar-refractivity contribution in [2.45, 2.75) is 51.4 Å². The summed E-state index contributed by atoms with van der Waals surface area (Å²) in [7, 11) is 1.51. The van der Waals surface area contributed by atoms with Gasteiger partial charge in [0.15, 0.2) is 5.54 Å². The van der Waals surface area contributed by atoms with Gasteiger partial charge in [0.25, 0.3) is 0 Å². The van der Waals surface area contributed by atoms with Crippen molar-refractivity contribution >= 4 is 33.2 Å². The van der Waals surface area contributed by atoms with E-state index in [1.807, 2.05) is 18.2 Å². The van der Waals surface area contributed by atoms with Gasteiger partial charge in [0.1, 0.15) is 17.8 Å². The standard InChI is InChI=1S/C33H30F3N9O/c1-31(2,3)18-40-29-20(15-38)16-39-28-19(14-37)12-21(13-24(28)29)41-30(23-6-5-7-25-22(23)8-9-27(42-25)46-4)26-17-45(44-43-26)32(10-11-32)33(34,35)36/h5-9,12-13,16-17,30,41H,10-11,18H2,1-4H3,(H,39,40)/t30-/m0/s1. The number of nitriles is 2. The fraction of sp³-hybridized carbons (Fsp3) is 0.333. The Morgan fingerprint density at radius 1 is 1.04 bits per heavy atom. The highest BCUT2D eigenvalue weighted by molar-refractivity contribution is 5.99. The Labute approximate surface area is 262 Å². The maximum atomic E-state index is 14.0. The van der Waals surface area contributed by atoms with Crippen LogP contribution in [0.3, 0.4) is 0 Å². The molecule has 0 spiro atoms. The number of pyridine rings is 2. The highest BCUT2D eigenvalue weighted by Gasteiger charge is 2.66. The smallest absolute Gasteiger partial charge is 0.413 e. The van der Waals surface area contributed by atoms with Gasteiger partial charge in [-0.15, -0.1) is 5.10 Å². The molecule has 5 aromatic rings. The van der Waals surface area contributed by atoms with Crippen molar-refractivity contribution in [2.24, 2.45) is 5.41 Å². The molecular formula is C33H30F3N9O. The van der Waals surface area contributed by atoms with Crippen molar-refractivity contribution in [3.8, 4) is 18.0 Å². The first kappa shape index (κ1) is 30.6. The third-order valence-corrected chi connectivity index (χ3v) is 8.08. The van der Waals surface area contributed by atoms with E-state index in [1.165, 1.54) is 19.5 Å². The Bertz CT molecular complexity index is 2050. The molecular weight excluding hydrogens is 595 g/mol. The minimum atomic E-state index is -4.48. The van der Waals surface area contributed by atoms with E-state index < -0.39 is 17.8 Å². The average Bonchev–Trinajstić information content (AvgIpc) is 3.72. The number of fused-ring (bicyclic) bond motifs is 2. The van der Waals surface area contributed by atoms with E-state index in [0.29, 0.717) is 51.3 Å². The van der Waals surface area contributed by atoms with Gasteiger partial charge in [-0.1, -0.05) is 38.1 Å². The molecule has 0 radical (unpaired) electrons. The van der Waals surface area contributed by atoms with E-state index in [1.54, 1.807) is 24.3 Å². The number of rotatable bonds is 8. The minimum Gasteiger partial charge on any atom is -0.481 e. The molecule has 10 nitrogen and oxygen atoms in total. The molecule has 0 saturated heterocycles. The zero-order valence-corrected chi connectivity index (χ0v) is 25.6. The molecule has 3 aromatic heterocycles. The lowest BCUT2D eigenvalue weighted by atomic mass is 9.96. The van der Waals surface area contributed by atoms with Crippen LogP contribution in [0.2, 0.25) is 0 Å². The molecule has 0 bridgehead atoms. The first-order chi connectivity index (χ1) is 21.9. The van der Waals surface area contributed by atoms with Crippen molar-refractivity contribution in [1.82, 2.24) is 25.0 Å². The second-order valence-corrected chi connectivity index (χ2v) is 12.6. The van der Waals surface area contributed by atoms with Crippen LogP contribution in [0.1, 0.15) is 62.0 Å². The van der Waals surface area contributed by atoms with Gasteiger partial charge in [-0.2, -0.15) is 23.7 Å². The molecule has 1 aliphatic rings. The van der Waals surface area contributed by atoms with Crippen LogP contribution in [-0.2, 0) is 5.54 Å². The van der Waals surface area contributed by atoms with Crippen molar-refractivity contribution in [3.63, 3.8) is 0 Å². The molecule has 46 heavy (non-hydrogen) atoms. The number of nitrogens with one attached hydrogen (secondary N) is 2. The molecule has 13 heteroatoms. The van der Waals surface area contributed by atoms with Gasteiger partial charge in [0.2, 0.25) is 5.88 Å². The Morgan fingerprint density at radius 3 is 2.46 bits per heavy atom. The largest absolute Gasteiger partial charge is 0.481 e. The number of hydrogen-bond donors (Lipinski definition) is 2. The average molecular weight is 626 g/mol. The SMILES string of the molecule is COc1ccc2c([C@H](Nc3cc(C#N)c4ncc(C#N)c(NCC(C)(C)C)c4c3)c3cn(C4(C(F)(F)F)CC4)nn3)cccc2n1. The van der Waals surface area contributed by atoms with E-state index in [2.05, 4.69) is 63.8 Å². The summed E-state index contributed by atoms with van der Waals surface area (Å²) >= 11 is 0. The summed E-state index contributed by atoms with van der Waals surface area (Å²) in [5.41, 5.74) is 1.30. The first-order valence-corrected chi connectivity index (χ1v) is 14.6. The van der Waals surface area contributed by atoms with Crippen LogP contribution in [0.4, 0.5) is 24.5 Å². The van der Waals surface area contributed by atoms with E-state index in [9.17, 15) is 23.7 Å². The Kier molecular flexibility index (Phi) is 7.43. The van der Waals surface area contributed by atoms with Crippen molar-refractivity contribution in [3.05, 3.63) is 77.2 Å². The van der Waals surface area contributed by atoms with Gasteiger partial charge in [-0.25, -0.2) is 9.67 Å². The molecule has 0 aliphatic heterocycles. The van der Waals surface area contributed by atoms with Gasteiger partial charge in [-0.3, -0.25) is 4.98 Å². The van der Waals surface area contributed by atoms with Gasteiger partial charge >= 0.3 is 6.18 Å². The molecule has 0 unspecified atom stereocenters. The molecule has 1 fully saturated rings. The lowest BCUT2D eigenvalue weighted by Crippen LogP contribution is -2.35. The number of ether oxygens (including phenoxy) is 1. The summed E-state index contributed by atoms with van der Waals surface area (Å²) in [4.78, 5) is 8.95. The predicted molar refractivity (Wildman–Crippen MR) is 166 cm³/mol. The highest BCUT2D eigenvalue weighted by Crippen LogP contribution is 2.55. The number of nitrogens with zero attached hydrogens (tertiary/aromatic N) is 7. The van der Waals surface area contributed by atoms with E-state index >= 15 is 0 Å². The molecule has 2 aromatic carbocycles. The van der Waals surface area contributed by atoms with Crippen LogP contribution < -0.4 is 15.4 Å². The Morgan fingerprint density at radius 2 is 1.80 bits per heavy atom.